The molecular formula is C10H15N5O2S. The van der Waals surface area contributed by atoms with Crippen molar-refractivity contribution in [3.63, 3.8) is 0 Å². The van der Waals surface area contributed by atoms with Gasteiger partial charge in [0, 0.05) is 12.6 Å². The van der Waals surface area contributed by atoms with Gasteiger partial charge in [0.05, 0.1) is 16.8 Å². The lowest BCUT2D eigenvalue weighted by molar-refractivity contribution is 0.450. The molecule has 1 atom stereocenters. The average Bonchev–Trinajstić information content (AvgIpc) is 2.95. The maximum absolute atomic E-state index is 12.0. The van der Waals surface area contributed by atoms with Gasteiger partial charge in [0.25, 0.3) is 0 Å². The summed E-state index contributed by atoms with van der Waals surface area (Å²) >= 11 is 0. The minimum Gasteiger partial charge on any atom is -0.306 e. The largest absolute Gasteiger partial charge is 0.306 e. The second kappa shape index (κ2) is 4.57. The topological polar surface area (TPSA) is 94.3 Å². The second-order valence-electron chi connectivity index (χ2n) is 4.37. The van der Waals surface area contributed by atoms with E-state index in [1.165, 1.54) is 0 Å². The highest BCUT2D eigenvalue weighted by molar-refractivity contribution is 7.91. The molecule has 0 aromatic heterocycles. The third-order valence-electron chi connectivity index (χ3n) is 3.14. The van der Waals surface area contributed by atoms with Gasteiger partial charge in [0.2, 0.25) is 0 Å². The Bertz CT molecular complexity index is 541. The molecule has 7 nitrogen and oxygen atoms in total. The van der Waals surface area contributed by atoms with Gasteiger partial charge in [0.15, 0.2) is 9.84 Å². The fraction of sp³-hybridized carbons (Fsp3) is 0.400. The van der Waals surface area contributed by atoms with E-state index in [1.54, 1.807) is 12.1 Å². The number of hydrogen-bond donors (Lipinski definition) is 5. The molecule has 1 aromatic rings. The number of sulfone groups is 1. The summed E-state index contributed by atoms with van der Waals surface area (Å²) in [6, 6.07) is 7.01. The highest BCUT2D eigenvalue weighted by atomic mass is 32.2. The zero-order valence-corrected chi connectivity index (χ0v) is 10.4. The lowest BCUT2D eigenvalue weighted by Gasteiger charge is -2.15. The van der Waals surface area contributed by atoms with Crippen molar-refractivity contribution in [2.24, 2.45) is 0 Å². The predicted molar refractivity (Wildman–Crippen MR) is 65.6 cm³/mol. The van der Waals surface area contributed by atoms with Gasteiger partial charge in [-0.3, -0.25) is 0 Å². The SMILES string of the molecule is O=S1(=O)CC(NCC2NNNN2)c2ccccc21. The normalized spacial score (nSPS) is 26.3. The maximum Gasteiger partial charge on any atom is 0.180 e. The molecule has 3 rings (SSSR count). The van der Waals surface area contributed by atoms with Gasteiger partial charge in [0.1, 0.15) is 0 Å². The number of nitrogens with one attached hydrogen (secondary N) is 5. The van der Waals surface area contributed by atoms with Crippen molar-refractivity contribution in [2.45, 2.75) is 17.1 Å². The van der Waals surface area contributed by atoms with E-state index < -0.39 is 9.84 Å². The van der Waals surface area contributed by atoms with E-state index in [1.807, 2.05) is 12.1 Å². The molecule has 2 aliphatic heterocycles. The van der Waals surface area contributed by atoms with Crippen LogP contribution in [0.25, 0.3) is 0 Å². The molecule has 18 heavy (non-hydrogen) atoms. The van der Waals surface area contributed by atoms with Crippen molar-refractivity contribution in [3.8, 4) is 0 Å². The first kappa shape index (κ1) is 12.0. The number of fused-ring (bicyclic) bond motifs is 1. The van der Waals surface area contributed by atoms with Crippen LogP contribution in [0.15, 0.2) is 29.2 Å². The van der Waals surface area contributed by atoms with Crippen LogP contribution in [0.2, 0.25) is 0 Å². The highest BCUT2D eigenvalue weighted by Crippen LogP contribution is 2.32. The highest BCUT2D eigenvalue weighted by Gasteiger charge is 2.34. The molecule has 98 valence electrons. The van der Waals surface area contributed by atoms with E-state index in [9.17, 15) is 8.42 Å². The zero-order chi connectivity index (χ0) is 12.6. The lowest BCUT2D eigenvalue weighted by Crippen LogP contribution is -2.44. The summed E-state index contributed by atoms with van der Waals surface area (Å²) in [6.07, 6.45) is 0.0143. The molecule has 0 bridgehead atoms. The van der Waals surface area contributed by atoms with Gasteiger partial charge in [-0.2, -0.15) is 11.1 Å². The Morgan fingerprint density at radius 3 is 2.72 bits per heavy atom. The average molecular weight is 269 g/mol. The fourth-order valence-electron chi connectivity index (χ4n) is 2.26. The number of hydrazine groups is 3. The Morgan fingerprint density at radius 2 is 1.94 bits per heavy atom. The van der Waals surface area contributed by atoms with Gasteiger partial charge in [-0.05, 0) is 11.6 Å². The molecule has 8 heteroatoms. The number of rotatable bonds is 3. The van der Waals surface area contributed by atoms with Crippen molar-refractivity contribution in [2.75, 3.05) is 12.3 Å². The van der Waals surface area contributed by atoms with E-state index in [0.29, 0.717) is 11.4 Å². The van der Waals surface area contributed by atoms with Crippen molar-refractivity contribution in [1.82, 2.24) is 27.2 Å². The number of hydrogen-bond acceptors (Lipinski definition) is 7. The third-order valence-corrected chi connectivity index (χ3v) is 4.95. The van der Waals surface area contributed by atoms with E-state index in [0.717, 1.165) is 5.56 Å². The summed E-state index contributed by atoms with van der Waals surface area (Å²) in [4.78, 5) is 0.450. The van der Waals surface area contributed by atoms with Gasteiger partial charge < -0.3 is 5.32 Å². The quantitative estimate of drug-likeness (QED) is 0.458. The van der Waals surface area contributed by atoms with Crippen molar-refractivity contribution < 1.29 is 8.42 Å². The molecule has 1 unspecified atom stereocenters. The van der Waals surface area contributed by atoms with Gasteiger partial charge in [-0.1, -0.05) is 18.2 Å². The standard InChI is InChI=1S/C10H15N5O2S/c16-18(17)6-8(7-3-1-2-4-9(7)18)11-5-10-12-14-15-13-10/h1-4,8,10-15H,5-6H2. The molecule has 1 aromatic carbocycles. The molecule has 0 spiro atoms. The molecule has 0 radical (unpaired) electrons. The summed E-state index contributed by atoms with van der Waals surface area (Å²) in [7, 11) is -3.14. The minimum absolute atomic E-state index is 0.0143. The van der Waals surface area contributed by atoms with Gasteiger partial charge in [-0.25, -0.2) is 19.3 Å². The predicted octanol–water partition coefficient (Wildman–Crippen LogP) is -1.45. The molecule has 1 fully saturated rings. The van der Waals surface area contributed by atoms with Crippen molar-refractivity contribution in [1.29, 1.82) is 0 Å². The summed E-state index contributed by atoms with van der Waals surface area (Å²) in [5.74, 6) is 0.125. The fourth-order valence-corrected chi connectivity index (χ4v) is 4.04. The summed E-state index contributed by atoms with van der Waals surface area (Å²) in [5, 5.41) is 3.25. The molecule has 2 heterocycles. The monoisotopic (exact) mass is 269 g/mol. The van der Waals surface area contributed by atoms with Crippen LogP contribution in [-0.4, -0.2) is 26.9 Å². The van der Waals surface area contributed by atoms with Gasteiger partial charge in [-0.15, -0.1) is 0 Å². The van der Waals surface area contributed by atoms with Gasteiger partial charge >= 0.3 is 0 Å². The molecule has 2 aliphatic rings. The van der Waals surface area contributed by atoms with Crippen LogP contribution in [0, 0.1) is 0 Å². The number of benzene rings is 1. The van der Waals surface area contributed by atoms with Crippen LogP contribution in [0.3, 0.4) is 0 Å². The second-order valence-corrected chi connectivity index (χ2v) is 6.37. The first-order valence-electron chi connectivity index (χ1n) is 5.73. The van der Waals surface area contributed by atoms with E-state index >= 15 is 0 Å². The first-order chi connectivity index (χ1) is 8.67. The smallest absolute Gasteiger partial charge is 0.180 e. The van der Waals surface area contributed by atoms with E-state index in [4.69, 9.17) is 0 Å². The van der Waals surface area contributed by atoms with Crippen LogP contribution in [0.5, 0.6) is 0 Å². The molecule has 0 aliphatic carbocycles. The third kappa shape index (κ3) is 2.14. The Kier molecular flexibility index (Phi) is 3.06. The first-order valence-corrected chi connectivity index (χ1v) is 7.38. The zero-order valence-electron chi connectivity index (χ0n) is 9.60. The lowest BCUT2D eigenvalue weighted by atomic mass is 10.1. The van der Waals surface area contributed by atoms with Crippen LogP contribution in [0.1, 0.15) is 11.6 Å². The molecule has 5 N–H and O–H groups in total. The van der Waals surface area contributed by atoms with Crippen LogP contribution in [-0.2, 0) is 9.84 Å². The Labute approximate surface area is 105 Å². The summed E-state index contributed by atoms with van der Waals surface area (Å²) in [6.45, 7) is 0.606. The Balaban J connectivity index is 1.75. The van der Waals surface area contributed by atoms with E-state index in [2.05, 4.69) is 27.2 Å². The van der Waals surface area contributed by atoms with Crippen LogP contribution < -0.4 is 27.2 Å². The van der Waals surface area contributed by atoms with Crippen LogP contribution in [0.4, 0.5) is 0 Å². The Morgan fingerprint density at radius 1 is 1.22 bits per heavy atom. The molecule has 1 saturated heterocycles. The minimum atomic E-state index is -3.14. The molecular weight excluding hydrogens is 254 g/mol. The molecule has 0 saturated carbocycles. The molecule has 0 amide bonds. The Hall–Kier alpha value is -1.03. The summed E-state index contributed by atoms with van der Waals surface area (Å²) in [5.41, 5.74) is 12.2. The van der Waals surface area contributed by atoms with Crippen LogP contribution >= 0.6 is 0 Å². The summed E-state index contributed by atoms with van der Waals surface area (Å²) < 4.78 is 23.9. The van der Waals surface area contributed by atoms with E-state index in [-0.39, 0.29) is 18.0 Å². The van der Waals surface area contributed by atoms with Crippen molar-refractivity contribution in [3.05, 3.63) is 29.8 Å². The maximum atomic E-state index is 12.0. The van der Waals surface area contributed by atoms with Crippen molar-refractivity contribution >= 4 is 9.84 Å².